The molecule has 1 aliphatic heterocycles. The molecule has 216 valence electrons. The summed E-state index contributed by atoms with van der Waals surface area (Å²) in [4.78, 5) is 23.5. The molecule has 0 saturated carbocycles. The number of ether oxygens (including phenoxy) is 1. The monoisotopic (exact) mass is 581 g/mol. The second-order valence-electron chi connectivity index (χ2n) is 10.4. The molecule has 1 saturated heterocycles. The number of carbonyl (C=O) groups is 1. The van der Waals surface area contributed by atoms with Crippen LogP contribution in [0.1, 0.15) is 53.6 Å². The van der Waals surface area contributed by atoms with Crippen molar-refractivity contribution in [2.75, 3.05) is 63.6 Å². The Morgan fingerprint density at radius 3 is 2.45 bits per heavy atom. The van der Waals surface area contributed by atoms with Crippen LogP contribution in [0, 0.1) is 13.8 Å². The van der Waals surface area contributed by atoms with Crippen molar-refractivity contribution in [3.05, 3.63) is 59.3 Å². The molecule has 0 atom stereocenters. The average molecular weight is 582 g/mol. The highest BCUT2D eigenvalue weighted by Crippen LogP contribution is 2.38. The van der Waals surface area contributed by atoms with Crippen molar-refractivity contribution in [1.29, 1.82) is 0 Å². The molecular weight excluding hydrogens is 539 g/mol. The molecule has 1 aliphatic rings. The van der Waals surface area contributed by atoms with Gasteiger partial charge in [-0.1, -0.05) is 42.4 Å². The quantitative estimate of drug-likeness (QED) is 0.212. The van der Waals surface area contributed by atoms with Crippen LogP contribution in [0.15, 0.2) is 51.7 Å². The smallest absolute Gasteiger partial charge is 0.257 e. The maximum absolute atomic E-state index is 12.9. The van der Waals surface area contributed by atoms with Gasteiger partial charge >= 0.3 is 0 Å². The molecule has 1 aromatic heterocycles. The fourth-order valence-corrected chi connectivity index (χ4v) is 6.95. The first kappa shape index (κ1) is 30.4. The zero-order valence-electron chi connectivity index (χ0n) is 24.3. The number of rotatable bonds is 14. The highest BCUT2D eigenvalue weighted by Gasteiger charge is 2.18. The van der Waals surface area contributed by atoms with E-state index >= 15 is 0 Å². The Labute approximate surface area is 247 Å². The third-order valence-corrected chi connectivity index (χ3v) is 9.55. The number of methoxy groups -OCH3 is 1. The number of thiazole rings is 1. The molecule has 40 heavy (non-hydrogen) atoms. The van der Waals surface area contributed by atoms with Gasteiger partial charge in [0.25, 0.3) is 5.91 Å². The Morgan fingerprint density at radius 2 is 1.73 bits per heavy atom. The van der Waals surface area contributed by atoms with Gasteiger partial charge in [0, 0.05) is 42.3 Å². The van der Waals surface area contributed by atoms with Gasteiger partial charge in [-0.15, -0.1) is 0 Å². The lowest BCUT2D eigenvalue weighted by Crippen LogP contribution is -2.46. The van der Waals surface area contributed by atoms with Gasteiger partial charge in [0.2, 0.25) is 0 Å². The SMILES string of the molecule is CNCCCCCCCN1CCN(c2ccc(C(=O)Nc3ncc(Sc4cc(C)c(OC)cc4C)s3)cc2)CC1. The number of nitrogens with one attached hydrogen (secondary N) is 2. The number of unbranched alkanes of at least 4 members (excludes halogenated alkanes) is 4. The predicted octanol–water partition coefficient (Wildman–Crippen LogP) is 6.46. The Balaban J connectivity index is 1.21. The van der Waals surface area contributed by atoms with Gasteiger partial charge in [-0.05, 0) is 94.4 Å². The molecule has 0 aliphatic carbocycles. The first-order valence-electron chi connectivity index (χ1n) is 14.3. The first-order valence-corrected chi connectivity index (χ1v) is 15.9. The topological polar surface area (TPSA) is 69.7 Å². The molecule has 0 bridgehead atoms. The van der Waals surface area contributed by atoms with Gasteiger partial charge in [-0.3, -0.25) is 15.0 Å². The van der Waals surface area contributed by atoms with E-state index in [1.54, 1.807) is 18.9 Å². The van der Waals surface area contributed by atoms with E-state index in [4.69, 9.17) is 4.74 Å². The largest absolute Gasteiger partial charge is 0.496 e. The molecule has 0 radical (unpaired) electrons. The van der Waals surface area contributed by atoms with Crippen LogP contribution in [0.25, 0.3) is 0 Å². The maximum Gasteiger partial charge on any atom is 0.257 e. The van der Waals surface area contributed by atoms with Crippen molar-refractivity contribution in [1.82, 2.24) is 15.2 Å². The Morgan fingerprint density at radius 1 is 1.00 bits per heavy atom. The highest BCUT2D eigenvalue weighted by atomic mass is 32.2. The number of piperazine rings is 1. The van der Waals surface area contributed by atoms with Crippen LogP contribution in [-0.2, 0) is 0 Å². The van der Waals surface area contributed by atoms with Crippen molar-refractivity contribution in [2.24, 2.45) is 0 Å². The lowest BCUT2D eigenvalue weighted by Gasteiger charge is -2.36. The number of aryl methyl sites for hydroxylation is 2. The first-order chi connectivity index (χ1) is 19.5. The minimum atomic E-state index is -0.135. The Kier molecular flexibility index (Phi) is 11.7. The molecule has 2 N–H and O–H groups in total. The van der Waals surface area contributed by atoms with E-state index in [0.29, 0.717) is 10.7 Å². The van der Waals surface area contributed by atoms with Crippen LogP contribution in [-0.4, -0.2) is 69.2 Å². The lowest BCUT2D eigenvalue weighted by molar-refractivity contribution is 0.102. The van der Waals surface area contributed by atoms with Gasteiger partial charge in [0.15, 0.2) is 5.13 Å². The van der Waals surface area contributed by atoms with E-state index < -0.39 is 0 Å². The summed E-state index contributed by atoms with van der Waals surface area (Å²) in [7, 11) is 3.72. The molecule has 1 fully saturated rings. The Hall–Kier alpha value is -2.59. The number of benzene rings is 2. The molecule has 3 aromatic rings. The number of carbonyl (C=O) groups excluding carboxylic acids is 1. The fourth-order valence-electron chi connectivity index (χ4n) is 4.96. The van der Waals surface area contributed by atoms with Crippen LogP contribution in [0.2, 0.25) is 0 Å². The van der Waals surface area contributed by atoms with Crippen LogP contribution in [0.5, 0.6) is 5.75 Å². The van der Waals surface area contributed by atoms with Crippen LogP contribution in [0.3, 0.4) is 0 Å². The second kappa shape index (κ2) is 15.4. The number of anilines is 2. The van der Waals surface area contributed by atoms with Gasteiger partial charge in [-0.2, -0.15) is 0 Å². The number of hydrogen-bond acceptors (Lipinski definition) is 8. The van der Waals surface area contributed by atoms with Gasteiger partial charge in [-0.25, -0.2) is 4.98 Å². The third kappa shape index (κ3) is 8.70. The summed E-state index contributed by atoms with van der Waals surface area (Å²) in [5.74, 6) is 0.759. The van der Waals surface area contributed by atoms with Gasteiger partial charge < -0.3 is 15.0 Å². The van der Waals surface area contributed by atoms with Crippen molar-refractivity contribution < 1.29 is 9.53 Å². The third-order valence-electron chi connectivity index (χ3n) is 7.38. The fraction of sp³-hybridized carbons (Fsp3) is 0.484. The molecule has 0 spiro atoms. The minimum absolute atomic E-state index is 0.135. The summed E-state index contributed by atoms with van der Waals surface area (Å²) in [6.07, 6.45) is 8.40. The van der Waals surface area contributed by atoms with E-state index in [2.05, 4.69) is 56.6 Å². The summed E-state index contributed by atoms with van der Waals surface area (Å²) in [6, 6.07) is 12.1. The number of amides is 1. The van der Waals surface area contributed by atoms with Gasteiger partial charge in [0.1, 0.15) is 5.75 Å². The minimum Gasteiger partial charge on any atom is -0.496 e. The zero-order valence-corrected chi connectivity index (χ0v) is 25.9. The van der Waals surface area contributed by atoms with Crippen molar-refractivity contribution in [2.45, 2.75) is 55.1 Å². The van der Waals surface area contributed by atoms with Crippen molar-refractivity contribution >= 4 is 39.8 Å². The summed E-state index contributed by atoms with van der Waals surface area (Å²) in [5, 5.41) is 6.79. The zero-order chi connectivity index (χ0) is 28.3. The standard InChI is InChI=1S/C31H43N5O2S2/c1-23-21-28(24(2)20-27(23)38-4)39-29-22-33-31(40-29)34-30(37)25-10-12-26(13-11-25)36-18-16-35(17-19-36)15-9-7-5-6-8-14-32-3/h10-13,20-22,32H,5-9,14-19H2,1-4H3,(H,33,34,37). The maximum atomic E-state index is 12.9. The molecule has 1 amide bonds. The molecule has 2 heterocycles. The van der Waals surface area contributed by atoms with Gasteiger partial charge in [0.05, 0.1) is 17.5 Å². The van der Waals surface area contributed by atoms with E-state index in [0.717, 1.165) is 58.7 Å². The molecule has 7 nitrogen and oxygen atoms in total. The summed E-state index contributed by atoms with van der Waals surface area (Å²) in [5.41, 5.74) is 4.07. The number of nitrogens with zero attached hydrogens (tertiary/aromatic N) is 3. The van der Waals surface area contributed by atoms with Crippen molar-refractivity contribution in [3.63, 3.8) is 0 Å². The molecule has 2 aromatic carbocycles. The van der Waals surface area contributed by atoms with E-state index in [-0.39, 0.29) is 5.91 Å². The summed E-state index contributed by atoms with van der Waals surface area (Å²) >= 11 is 3.14. The summed E-state index contributed by atoms with van der Waals surface area (Å²) < 4.78 is 6.45. The normalized spacial score (nSPS) is 13.9. The average Bonchev–Trinajstić information content (AvgIpc) is 3.41. The van der Waals surface area contributed by atoms with E-state index in [1.807, 2.05) is 32.3 Å². The number of aromatic nitrogens is 1. The molecular formula is C31H43N5O2S2. The van der Waals surface area contributed by atoms with E-state index in [1.165, 1.54) is 55.7 Å². The highest BCUT2D eigenvalue weighted by molar-refractivity contribution is 8.01. The molecule has 0 unspecified atom stereocenters. The summed E-state index contributed by atoms with van der Waals surface area (Å²) in [6.45, 7) is 10.7. The predicted molar refractivity (Wildman–Crippen MR) is 169 cm³/mol. The molecule has 4 rings (SSSR count). The van der Waals surface area contributed by atoms with E-state index in [9.17, 15) is 4.79 Å². The lowest BCUT2D eigenvalue weighted by atomic mass is 10.1. The Bertz CT molecular complexity index is 1220. The second-order valence-corrected chi connectivity index (χ2v) is 12.7. The van der Waals surface area contributed by atoms with Crippen molar-refractivity contribution in [3.8, 4) is 5.75 Å². The number of hydrogen-bond donors (Lipinski definition) is 2. The van der Waals surface area contributed by atoms with Crippen LogP contribution in [0.4, 0.5) is 10.8 Å². The van der Waals surface area contributed by atoms with Crippen LogP contribution < -0.4 is 20.3 Å². The molecule has 9 heteroatoms. The van der Waals surface area contributed by atoms with Crippen LogP contribution >= 0.6 is 23.1 Å².